The maximum absolute atomic E-state index is 4.25. The number of rotatable bonds is 5. The van der Waals surface area contributed by atoms with E-state index >= 15 is 0 Å². The van der Waals surface area contributed by atoms with Crippen LogP contribution in [0.5, 0.6) is 0 Å². The van der Waals surface area contributed by atoms with Gasteiger partial charge in [-0.25, -0.2) is 4.98 Å². The second kappa shape index (κ2) is 6.33. The van der Waals surface area contributed by atoms with Crippen LogP contribution in [-0.4, -0.2) is 36.1 Å². The topological polar surface area (TPSA) is 28.2 Å². The highest BCUT2D eigenvalue weighted by atomic mass is 32.1. The number of hydrogen-bond donors (Lipinski definition) is 1. The minimum absolute atomic E-state index is 0.972. The van der Waals surface area contributed by atoms with Gasteiger partial charge in [0.2, 0.25) is 0 Å². The van der Waals surface area contributed by atoms with Gasteiger partial charge < -0.3 is 10.2 Å². The Morgan fingerprint density at radius 2 is 2.19 bits per heavy atom. The summed E-state index contributed by atoms with van der Waals surface area (Å²) < 4.78 is 0. The van der Waals surface area contributed by atoms with E-state index in [0.717, 1.165) is 18.1 Å². The number of likely N-dealkylation sites (tertiary alicyclic amines) is 1. The zero-order valence-corrected chi connectivity index (χ0v) is 10.9. The first kappa shape index (κ1) is 12.0. The van der Waals surface area contributed by atoms with Crippen LogP contribution in [0, 0.1) is 6.92 Å². The van der Waals surface area contributed by atoms with Gasteiger partial charge in [0, 0.05) is 30.7 Å². The Hall–Kier alpha value is -0.450. The number of aromatic nitrogens is 1. The molecule has 1 aromatic heterocycles. The Morgan fingerprint density at radius 3 is 2.88 bits per heavy atom. The van der Waals surface area contributed by atoms with Crippen LogP contribution in [0.25, 0.3) is 0 Å². The van der Waals surface area contributed by atoms with Crippen molar-refractivity contribution in [1.82, 2.24) is 15.2 Å². The van der Waals surface area contributed by atoms with Gasteiger partial charge in [-0.3, -0.25) is 0 Å². The molecule has 90 valence electrons. The van der Waals surface area contributed by atoms with Crippen LogP contribution in [0.2, 0.25) is 0 Å². The van der Waals surface area contributed by atoms with Crippen molar-refractivity contribution in [2.45, 2.75) is 32.7 Å². The lowest BCUT2D eigenvalue weighted by Crippen LogP contribution is -2.35. The van der Waals surface area contributed by atoms with Crippen LogP contribution >= 0.6 is 11.3 Å². The molecule has 1 fully saturated rings. The molecule has 4 heteroatoms. The third-order valence-corrected chi connectivity index (χ3v) is 3.93. The van der Waals surface area contributed by atoms with E-state index in [2.05, 4.69) is 22.1 Å². The summed E-state index contributed by atoms with van der Waals surface area (Å²) in [4.78, 5) is 8.16. The zero-order valence-electron chi connectivity index (χ0n) is 10.0. The fourth-order valence-corrected chi connectivity index (χ4v) is 2.88. The summed E-state index contributed by atoms with van der Waals surface area (Å²) in [5.41, 5.74) is 0. The molecule has 0 amide bonds. The Balaban J connectivity index is 1.57. The number of thiazole rings is 1. The van der Waals surface area contributed by atoms with Crippen molar-refractivity contribution < 1.29 is 0 Å². The van der Waals surface area contributed by atoms with Gasteiger partial charge in [-0.15, -0.1) is 11.3 Å². The van der Waals surface area contributed by atoms with Crippen LogP contribution in [0.3, 0.4) is 0 Å². The normalized spacial score (nSPS) is 17.8. The average molecular weight is 239 g/mol. The molecule has 3 nitrogen and oxygen atoms in total. The summed E-state index contributed by atoms with van der Waals surface area (Å²) in [6, 6.07) is 0. The summed E-state index contributed by atoms with van der Waals surface area (Å²) in [6.07, 6.45) is 6.17. The monoisotopic (exact) mass is 239 g/mol. The number of aryl methyl sites for hydroxylation is 1. The van der Waals surface area contributed by atoms with Crippen molar-refractivity contribution in [1.29, 1.82) is 0 Å². The summed E-state index contributed by atoms with van der Waals surface area (Å²) in [6.45, 7) is 7.90. The second-order valence-electron chi connectivity index (χ2n) is 4.42. The van der Waals surface area contributed by atoms with Crippen molar-refractivity contribution >= 4 is 11.3 Å². The van der Waals surface area contributed by atoms with Gasteiger partial charge in [0.05, 0.1) is 5.01 Å². The van der Waals surface area contributed by atoms with Crippen molar-refractivity contribution in [3.05, 3.63) is 16.1 Å². The van der Waals surface area contributed by atoms with Crippen LogP contribution in [0.4, 0.5) is 0 Å². The van der Waals surface area contributed by atoms with E-state index in [-0.39, 0.29) is 0 Å². The molecule has 0 spiro atoms. The third-order valence-electron chi connectivity index (χ3n) is 3.02. The second-order valence-corrected chi connectivity index (χ2v) is 5.74. The molecule has 1 aromatic rings. The van der Waals surface area contributed by atoms with E-state index in [4.69, 9.17) is 0 Å². The molecule has 0 saturated carbocycles. The average Bonchev–Trinajstić information content (AvgIpc) is 2.72. The first-order valence-electron chi connectivity index (χ1n) is 6.19. The molecular weight excluding hydrogens is 218 g/mol. The molecule has 0 aromatic carbocycles. The quantitative estimate of drug-likeness (QED) is 0.797. The zero-order chi connectivity index (χ0) is 11.2. The van der Waals surface area contributed by atoms with Crippen LogP contribution in [0.15, 0.2) is 6.20 Å². The summed E-state index contributed by atoms with van der Waals surface area (Å²) >= 11 is 1.79. The molecule has 1 saturated heterocycles. The maximum atomic E-state index is 4.25. The SMILES string of the molecule is Cc1ncc(CNCCN2CCCCC2)s1. The first-order valence-corrected chi connectivity index (χ1v) is 7.00. The van der Waals surface area contributed by atoms with Crippen molar-refractivity contribution in [2.24, 2.45) is 0 Å². The minimum Gasteiger partial charge on any atom is -0.311 e. The van der Waals surface area contributed by atoms with Crippen molar-refractivity contribution in [3.8, 4) is 0 Å². The lowest BCUT2D eigenvalue weighted by Gasteiger charge is -2.26. The Morgan fingerprint density at radius 1 is 1.38 bits per heavy atom. The molecule has 1 aliphatic rings. The Kier molecular flexibility index (Phi) is 4.75. The summed E-state index contributed by atoms with van der Waals surface area (Å²) in [5.74, 6) is 0. The van der Waals surface area contributed by atoms with Gasteiger partial charge in [0.1, 0.15) is 0 Å². The molecular formula is C12H21N3S. The Labute approximate surface area is 102 Å². The lowest BCUT2D eigenvalue weighted by atomic mass is 10.1. The Bertz CT molecular complexity index is 305. The first-order chi connectivity index (χ1) is 7.84. The van der Waals surface area contributed by atoms with Gasteiger partial charge in [-0.2, -0.15) is 0 Å². The number of nitrogens with one attached hydrogen (secondary N) is 1. The van der Waals surface area contributed by atoms with E-state index in [9.17, 15) is 0 Å². The highest BCUT2D eigenvalue weighted by molar-refractivity contribution is 7.11. The van der Waals surface area contributed by atoms with Gasteiger partial charge in [0.25, 0.3) is 0 Å². The van der Waals surface area contributed by atoms with Crippen LogP contribution < -0.4 is 5.32 Å². The van der Waals surface area contributed by atoms with E-state index in [1.165, 1.54) is 43.8 Å². The van der Waals surface area contributed by atoms with E-state index in [1.807, 2.05) is 6.20 Å². The molecule has 16 heavy (non-hydrogen) atoms. The molecule has 2 heterocycles. The lowest BCUT2D eigenvalue weighted by molar-refractivity contribution is 0.229. The molecule has 0 atom stereocenters. The van der Waals surface area contributed by atoms with Gasteiger partial charge in [0.15, 0.2) is 0 Å². The summed E-state index contributed by atoms with van der Waals surface area (Å²) in [5, 5.41) is 4.65. The molecule has 0 aliphatic carbocycles. The van der Waals surface area contributed by atoms with Gasteiger partial charge in [-0.1, -0.05) is 6.42 Å². The predicted molar refractivity (Wildman–Crippen MR) is 68.8 cm³/mol. The largest absolute Gasteiger partial charge is 0.311 e. The van der Waals surface area contributed by atoms with Crippen LogP contribution in [0.1, 0.15) is 29.1 Å². The van der Waals surface area contributed by atoms with E-state index in [1.54, 1.807) is 11.3 Å². The maximum Gasteiger partial charge on any atom is 0.0897 e. The molecule has 2 rings (SSSR count). The number of nitrogens with zero attached hydrogens (tertiary/aromatic N) is 2. The highest BCUT2D eigenvalue weighted by Crippen LogP contribution is 2.11. The van der Waals surface area contributed by atoms with E-state index < -0.39 is 0 Å². The van der Waals surface area contributed by atoms with Crippen molar-refractivity contribution in [2.75, 3.05) is 26.2 Å². The summed E-state index contributed by atoms with van der Waals surface area (Å²) in [7, 11) is 0. The van der Waals surface area contributed by atoms with Gasteiger partial charge >= 0.3 is 0 Å². The fourth-order valence-electron chi connectivity index (χ4n) is 2.12. The molecule has 0 bridgehead atoms. The van der Waals surface area contributed by atoms with Gasteiger partial charge in [-0.05, 0) is 32.9 Å². The van der Waals surface area contributed by atoms with Crippen LogP contribution in [-0.2, 0) is 6.54 Å². The molecule has 1 aliphatic heterocycles. The minimum atomic E-state index is 0.972. The molecule has 0 unspecified atom stereocenters. The molecule has 1 N–H and O–H groups in total. The standard InChI is InChI=1S/C12H21N3S/c1-11-14-10-12(16-11)9-13-5-8-15-6-3-2-4-7-15/h10,13H,2-9H2,1H3. The third kappa shape index (κ3) is 3.85. The predicted octanol–water partition coefficient (Wildman–Crippen LogP) is 2.03. The number of piperidine rings is 1. The number of hydrogen-bond acceptors (Lipinski definition) is 4. The smallest absolute Gasteiger partial charge is 0.0897 e. The fraction of sp³-hybridized carbons (Fsp3) is 0.750. The highest BCUT2D eigenvalue weighted by Gasteiger charge is 2.08. The molecule has 0 radical (unpaired) electrons. The van der Waals surface area contributed by atoms with E-state index in [0.29, 0.717) is 0 Å². The van der Waals surface area contributed by atoms with Crippen molar-refractivity contribution in [3.63, 3.8) is 0 Å².